The van der Waals surface area contributed by atoms with Gasteiger partial charge in [0.15, 0.2) is 0 Å². The van der Waals surface area contributed by atoms with Crippen LogP contribution in [0.5, 0.6) is 0 Å². The first-order valence-electron chi connectivity index (χ1n) is 7.90. The van der Waals surface area contributed by atoms with E-state index in [1.165, 1.54) is 31.3 Å². The third kappa shape index (κ3) is 1.56. The monoisotopic (exact) mass is 247 g/mol. The van der Waals surface area contributed by atoms with Gasteiger partial charge in [-0.05, 0) is 48.3 Å². The van der Waals surface area contributed by atoms with Crippen LogP contribution in [0.1, 0.15) is 53.4 Å². The molecule has 2 aliphatic carbocycles. The summed E-state index contributed by atoms with van der Waals surface area (Å²) in [5.74, 6) is 3.43. The second-order valence-corrected chi connectivity index (χ2v) is 7.64. The lowest BCUT2D eigenvalue weighted by Crippen LogP contribution is -2.78. The van der Waals surface area contributed by atoms with Gasteiger partial charge in [-0.1, -0.05) is 46.3 Å². The summed E-state index contributed by atoms with van der Waals surface area (Å²) in [6.45, 7) is 14.2. The summed E-state index contributed by atoms with van der Waals surface area (Å²) < 4.78 is 0. The molecular weight excluding hydrogens is 218 g/mol. The van der Waals surface area contributed by atoms with Crippen LogP contribution in [-0.2, 0) is 0 Å². The molecule has 4 aliphatic rings. The first-order chi connectivity index (χ1) is 8.47. The SMILES string of the molecule is C=C1CC(C)C2N[C@@H]3C2C[C@@]3(C)C(C)C(CC)C1. The van der Waals surface area contributed by atoms with Gasteiger partial charge in [-0.2, -0.15) is 0 Å². The van der Waals surface area contributed by atoms with E-state index in [9.17, 15) is 0 Å². The van der Waals surface area contributed by atoms with Crippen molar-refractivity contribution in [1.82, 2.24) is 5.32 Å². The molecule has 2 aliphatic heterocycles. The second kappa shape index (κ2) is 4.10. The molecule has 5 unspecified atom stereocenters. The lowest BCUT2D eigenvalue weighted by atomic mass is 9.44. The molecule has 1 N–H and O–H groups in total. The molecule has 18 heavy (non-hydrogen) atoms. The van der Waals surface area contributed by atoms with Gasteiger partial charge in [0.2, 0.25) is 0 Å². The molecule has 0 radical (unpaired) electrons. The molecular formula is C17H29N. The molecule has 0 aromatic carbocycles. The third-order valence-corrected chi connectivity index (χ3v) is 6.69. The fourth-order valence-corrected chi connectivity index (χ4v) is 5.25. The fourth-order valence-electron chi connectivity index (χ4n) is 5.25. The Kier molecular flexibility index (Phi) is 2.89. The van der Waals surface area contributed by atoms with Crippen LogP contribution in [0, 0.1) is 29.1 Å². The van der Waals surface area contributed by atoms with Gasteiger partial charge in [-0.25, -0.2) is 0 Å². The smallest absolute Gasteiger partial charge is 0.0170 e. The Bertz CT molecular complexity index is 361. The highest BCUT2D eigenvalue weighted by Crippen LogP contribution is 2.61. The molecule has 102 valence electrons. The van der Waals surface area contributed by atoms with Gasteiger partial charge in [0, 0.05) is 12.1 Å². The molecule has 0 amide bonds. The molecule has 7 atom stereocenters. The van der Waals surface area contributed by atoms with E-state index < -0.39 is 0 Å². The van der Waals surface area contributed by atoms with Crippen LogP contribution < -0.4 is 5.32 Å². The molecule has 0 aromatic heterocycles. The molecule has 4 rings (SSSR count). The van der Waals surface area contributed by atoms with Crippen LogP contribution >= 0.6 is 0 Å². The van der Waals surface area contributed by atoms with Crippen LogP contribution in [0.2, 0.25) is 0 Å². The standard InChI is InChI=1S/C17H29N/c1-6-13-8-10(2)7-11(3)15-14-9-17(5,12(13)4)16(14)18-15/h11-16,18H,2,6-9H2,1,3-5H3/t11?,12?,13?,14?,15?,16-,17+/m1/s1. The zero-order chi connectivity index (χ0) is 13.1. The van der Waals surface area contributed by atoms with Crippen LogP contribution in [0.15, 0.2) is 12.2 Å². The zero-order valence-electron chi connectivity index (χ0n) is 12.5. The van der Waals surface area contributed by atoms with E-state index in [0.29, 0.717) is 5.41 Å². The Morgan fingerprint density at radius 2 is 2.06 bits per heavy atom. The average molecular weight is 247 g/mol. The maximum absolute atomic E-state index is 4.36. The highest BCUT2D eigenvalue weighted by molar-refractivity contribution is 5.20. The molecule has 1 nitrogen and oxygen atoms in total. The van der Waals surface area contributed by atoms with Gasteiger partial charge < -0.3 is 5.32 Å². The Morgan fingerprint density at radius 1 is 1.33 bits per heavy atom. The van der Waals surface area contributed by atoms with Gasteiger partial charge in [0.05, 0.1) is 0 Å². The molecule has 0 spiro atoms. The Morgan fingerprint density at radius 3 is 2.61 bits per heavy atom. The predicted molar refractivity (Wildman–Crippen MR) is 77.4 cm³/mol. The number of hydrogen-bond acceptors (Lipinski definition) is 1. The van der Waals surface area contributed by atoms with Gasteiger partial charge in [0.1, 0.15) is 0 Å². The molecule has 2 saturated carbocycles. The number of nitrogens with one attached hydrogen (secondary N) is 1. The summed E-state index contributed by atoms with van der Waals surface area (Å²) in [7, 11) is 0. The van der Waals surface area contributed by atoms with Gasteiger partial charge >= 0.3 is 0 Å². The molecule has 4 fully saturated rings. The third-order valence-electron chi connectivity index (χ3n) is 6.69. The lowest BCUT2D eigenvalue weighted by molar-refractivity contribution is -0.150. The summed E-state index contributed by atoms with van der Waals surface area (Å²) in [6.07, 6.45) is 5.28. The molecule has 1 heteroatoms. The maximum atomic E-state index is 4.36. The highest BCUT2D eigenvalue weighted by atomic mass is 15.1. The van der Waals surface area contributed by atoms with Gasteiger partial charge in [-0.15, -0.1) is 0 Å². The Hall–Kier alpha value is -0.300. The van der Waals surface area contributed by atoms with E-state index in [4.69, 9.17) is 0 Å². The van der Waals surface area contributed by atoms with Crippen molar-refractivity contribution in [2.75, 3.05) is 0 Å². The van der Waals surface area contributed by atoms with E-state index in [1.54, 1.807) is 0 Å². The minimum atomic E-state index is 0.555. The summed E-state index contributed by atoms with van der Waals surface area (Å²) in [5.41, 5.74) is 2.05. The van der Waals surface area contributed by atoms with Crippen LogP contribution in [-0.4, -0.2) is 12.1 Å². The second-order valence-electron chi connectivity index (χ2n) is 7.64. The maximum Gasteiger partial charge on any atom is 0.0170 e. The first kappa shape index (κ1) is 12.7. The van der Waals surface area contributed by atoms with E-state index in [2.05, 4.69) is 39.6 Å². The average Bonchev–Trinajstić information content (AvgIpc) is 2.30. The molecule has 4 bridgehead atoms. The summed E-state index contributed by atoms with van der Waals surface area (Å²) in [5, 5.41) is 3.89. The largest absolute Gasteiger partial charge is 0.310 e. The highest BCUT2D eigenvalue weighted by Gasteiger charge is 2.63. The van der Waals surface area contributed by atoms with Crippen molar-refractivity contribution < 1.29 is 0 Å². The lowest BCUT2D eigenvalue weighted by Gasteiger charge is -2.69. The summed E-state index contributed by atoms with van der Waals surface area (Å²) in [4.78, 5) is 0. The number of allylic oxidation sites excluding steroid dienone is 1. The van der Waals surface area contributed by atoms with Crippen molar-refractivity contribution in [1.29, 1.82) is 0 Å². The number of piperidine rings is 1. The number of hydrogen-bond donors (Lipinski definition) is 1. The molecule has 2 heterocycles. The van der Waals surface area contributed by atoms with Crippen molar-refractivity contribution >= 4 is 0 Å². The van der Waals surface area contributed by atoms with Crippen molar-refractivity contribution in [2.24, 2.45) is 29.1 Å². The zero-order valence-corrected chi connectivity index (χ0v) is 12.5. The van der Waals surface area contributed by atoms with Gasteiger partial charge in [-0.3, -0.25) is 0 Å². The normalized spacial score (nSPS) is 55.4. The minimum Gasteiger partial charge on any atom is -0.310 e. The minimum absolute atomic E-state index is 0.555. The Balaban J connectivity index is 1.86. The Labute approximate surface area is 112 Å². The molecule has 0 aromatic rings. The summed E-state index contributed by atoms with van der Waals surface area (Å²) >= 11 is 0. The summed E-state index contributed by atoms with van der Waals surface area (Å²) in [6, 6.07) is 1.60. The van der Waals surface area contributed by atoms with Gasteiger partial charge in [0.25, 0.3) is 0 Å². The van der Waals surface area contributed by atoms with Crippen molar-refractivity contribution in [3.05, 3.63) is 12.2 Å². The predicted octanol–water partition coefficient (Wildman–Crippen LogP) is 4.00. The van der Waals surface area contributed by atoms with E-state index in [1.807, 2.05) is 0 Å². The van der Waals surface area contributed by atoms with Crippen molar-refractivity contribution in [3.8, 4) is 0 Å². The van der Waals surface area contributed by atoms with E-state index in [-0.39, 0.29) is 0 Å². The number of rotatable bonds is 1. The topological polar surface area (TPSA) is 12.0 Å². The quantitative estimate of drug-likeness (QED) is 0.691. The van der Waals surface area contributed by atoms with Crippen LogP contribution in [0.4, 0.5) is 0 Å². The van der Waals surface area contributed by atoms with Crippen LogP contribution in [0.3, 0.4) is 0 Å². The van der Waals surface area contributed by atoms with Crippen LogP contribution in [0.25, 0.3) is 0 Å². The van der Waals surface area contributed by atoms with E-state index >= 15 is 0 Å². The van der Waals surface area contributed by atoms with Crippen molar-refractivity contribution in [2.45, 2.75) is 65.5 Å². The first-order valence-corrected chi connectivity index (χ1v) is 7.90. The molecule has 2 saturated heterocycles. The number of fused-ring (bicyclic) bond motifs is 5. The van der Waals surface area contributed by atoms with E-state index in [0.717, 1.165) is 35.8 Å². The fraction of sp³-hybridized carbons (Fsp3) is 0.882. The van der Waals surface area contributed by atoms with Crippen molar-refractivity contribution in [3.63, 3.8) is 0 Å².